The van der Waals surface area contributed by atoms with Gasteiger partial charge in [0.1, 0.15) is 12.7 Å². The van der Waals surface area contributed by atoms with Crippen molar-refractivity contribution in [3.05, 3.63) is 24.6 Å². The minimum absolute atomic E-state index is 0.0648. The Labute approximate surface area is 199 Å². The maximum atomic E-state index is 11.2. The highest BCUT2D eigenvalue weighted by Gasteiger charge is 2.36. The molecule has 1 amide bonds. The molecule has 2 atom stereocenters. The quantitative estimate of drug-likeness (QED) is 0.111. The Kier molecular flexibility index (Phi) is 17.2. The maximum absolute atomic E-state index is 11.2. The largest absolute Gasteiger partial charge is 0.351 e. The molecule has 1 heterocycles. The van der Waals surface area contributed by atoms with Crippen LogP contribution in [0.1, 0.15) is 124 Å². The molecule has 0 saturated carbocycles. The number of quaternary nitrogens is 1. The minimum atomic E-state index is 0.0648. The van der Waals surface area contributed by atoms with Crippen molar-refractivity contribution in [2.75, 3.05) is 19.6 Å². The van der Waals surface area contributed by atoms with E-state index in [4.69, 9.17) is 0 Å². The molecule has 1 aliphatic heterocycles. The summed E-state index contributed by atoms with van der Waals surface area (Å²) in [7, 11) is 0. The van der Waals surface area contributed by atoms with Gasteiger partial charge in [-0.1, -0.05) is 83.3 Å². The molecule has 0 bridgehead atoms. The van der Waals surface area contributed by atoms with E-state index in [1.807, 2.05) is 0 Å². The standard InChI is InChI=1S/C28H53N3O/c1-4-6-7-8-9-10-11-12-13-14-15-16-17-18-19-20-21-22-28-30-24-26-31(28,5-2)25-23-29-27(3)32/h14-15,24,26,28,30H,4-13,16-23,25H2,1-3H3/p+1/b15-14+. The Morgan fingerprint density at radius 1 is 0.875 bits per heavy atom. The van der Waals surface area contributed by atoms with E-state index in [-0.39, 0.29) is 5.91 Å². The van der Waals surface area contributed by atoms with Crippen molar-refractivity contribution < 1.29 is 9.28 Å². The van der Waals surface area contributed by atoms with E-state index in [2.05, 4.69) is 49.0 Å². The summed E-state index contributed by atoms with van der Waals surface area (Å²) in [6.07, 6.45) is 31.4. The Balaban J connectivity index is 1.96. The molecule has 0 aromatic carbocycles. The molecule has 4 nitrogen and oxygen atoms in total. The Bertz CT molecular complexity index is 517. The van der Waals surface area contributed by atoms with E-state index in [9.17, 15) is 4.79 Å². The van der Waals surface area contributed by atoms with Gasteiger partial charge in [0.15, 0.2) is 6.17 Å². The lowest BCUT2D eigenvalue weighted by molar-refractivity contribution is -0.898. The zero-order valence-corrected chi connectivity index (χ0v) is 21.7. The van der Waals surface area contributed by atoms with E-state index in [0.717, 1.165) is 24.1 Å². The average Bonchev–Trinajstić information content (AvgIpc) is 3.18. The summed E-state index contributed by atoms with van der Waals surface area (Å²) < 4.78 is 0.948. The SMILES string of the molecule is CCCCCCCCCC/C=C/CCCCCCCC1NC=C[N+]1(CC)CCNC(C)=O. The molecule has 4 heteroatoms. The molecule has 0 aromatic rings. The number of hydrogen-bond donors (Lipinski definition) is 2. The monoisotopic (exact) mass is 448 g/mol. The minimum Gasteiger partial charge on any atom is -0.351 e. The summed E-state index contributed by atoms with van der Waals surface area (Å²) in [5.74, 6) is 0.0648. The van der Waals surface area contributed by atoms with Crippen molar-refractivity contribution in [2.24, 2.45) is 0 Å². The number of rotatable bonds is 21. The van der Waals surface area contributed by atoms with Crippen molar-refractivity contribution >= 4 is 5.91 Å². The van der Waals surface area contributed by atoms with Crippen molar-refractivity contribution in [2.45, 2.75) is 130 Å². The predicted molar refractivity (Wildman–Crippen MR) is 139 cm³/mol. The average molecular weight is 449 g/mol. The molecule has 0 radical (unpaired) electrons. The summed E-state index contributed by atoms with van der Waals surface area (Å²) >= 11 is 0. The third kappa shape index (κ3) is 13.3. The van der Waals surface area contributed by atoms with Crippen LogP contribution in [-0.2, 0) is 4.79 Å². The van der Waals surface area contributed by atoms with Crippen LogP contribution < -0.4 is 10.6 Å². The van der Waals surface area contributed by atoms with Gasteiger partial charge in [-0.2, -0.15) is 0 Å². The van der Waals surface area contributed by atoms with Gasteiger partial charge in [0.05, 0.1) is 19.3 Å². The zero-order valence-electron chi connectivity index (χ0n) is 21.7. The van der Waals surface area contributed by atoms with Crippen LogP contribution in [0.4, 0.5) is 0 Å². The lowest BCUT2D eigenvalue weighted by Crippen LogP contribution is -2.55. The van der Waals surface area contributed by atoms with Crippen molar-refractivity contribution in [3.63, 3.8) is 0 Å². The van der Waals surface area contributed by atoms with E-state index < -0.39 is 0 Å². The van der Waals surface area contributed by atoms with E-state index >= 15 is 0 Å². The normalized spacial score (nSPS) is 20.2. The second-order valence-electron chi connectivity index (χ2n) is 9.70. The molecule has 2 unspecified atom stereocenters. The molecule has 0 aliphatic carbocycles. The van der Waals surface area contributed by atoms with Gasteiger partial charge in [-0.05, 0) is 39.0 Å². The zero-order chi connectivity index (χ0) is 23.3. The first-order chi connectivity index (χ1) is 15.6. The molecule has 0 fully saturated rings. The van der Waals surface area contributed by atoms with Crippen LogP contribution in [-0.4, -0.2) is 36.2 Å². The molecule has 2 N–H and O–H groups in total. The third-order valence-electron chi connectivity index (χ3n) is 7.01. The fraction of sp³-hybridized carbons (Fsp3) is 0.821. The van der Waals surface area contributed by atoms with Gasteiger partial charge in [0, 0.05) is 13.3 Å². The molecule has 0 spiro atoms. The summed E-state index contributed by atoms with van der Waals surface area (Å²) in [5.41, 5.74) is 0. The number of hydrogen-bond acceptors (Lipinski definition) is 2. The van der Waals surface area contributed by atoms with Crippen LogP contribution in [0.2, 0.25) is 0 Å². The summed E-state index contributed by atoms with van der Waals surface area (Å²) in [4.78, 5) is 11.2. The molecule has 186 valence electrons. The molecule has 1 rings (SSSR count). The first kappa shape index (κ1) is 28.7. The van der Waals surface area contributed by atoms with Gasteiger partial charge in [-0.25, -0.2) is 0 Å². The topological polar surface area (TPSA) is 41.1 Å². The van der Waals surface area contributed by atoms with Gasteiger partial charge >= 0.3 is 0 Å². The van der Waals surface area contributed by atoms with Crippen molar-refractivity contribution in [1.82, 2.24) is 10.6 Å². The van der Waals surface area contributed by atoms with Gasteiger partial charge in [-0.15, -0.1) is 0 Å². The van der Waals surface area contributed by atoms with Crippen LogP contribution in [0.15, 0.2) is 24.6 Å². The number of likely N-dealkylation sites (N-methyl/N-ethyl adjacent to an activating group) is 1. The Morgan fingerprint density at radius 3 is 2.00 bits per heavy atom. The predicted octanol–water partition coefficient (Wildman–Crippen LogP) is 7.18. The van der Waals surface area contributed by atoms with Crippen LogP contribution in [0, 0.1) is 0 Å². The number of allylic oxidation sites excluding steroid dienone is 2. The fourth-order valence-corrected chi connectivity index (χ4v) is 4.81. The van der Waals surface area contributed by atoms with Gasteiger partial charge in [0.25, 0.3) is 0 Å². The maximum Gasteiger partial charge on any atom is 0.217 e. The van der Waals surface area contributed by atoms with Crippen LogP contribution >= 0.6 is 0 Å². The summed E-state index contributed by atoms with van der Waals surface area (Å²) in [6.45, 7) is 8.92. The van der Waals surface area contributed by atoms with E-state index in [1.54, 1.807) is 6.92 Å². The van der Waals surface area contributed by atoms with Crippen LogP contribution in [0.3, 0.4) is 0 Å². The van der Waals surface area contributed by atoms with Gasteiger partial charge < -0.3 is 10.6 Å². The molecular formula is C28H54N3O+. The highest BCUT2D eigenvalue weighted by atomic mass is 16.1. The second-order valence-corrected chi connectivity index (χ2v) is 9.70. The first-order valence-corrected chi connectivity index (χ1v) is 13.8. The molecule has 32 heavy (non-hydrogen) atoms. The van der Waals surface area contributed by atoms with Gasteiger partial charge in [0.2, 0.25) is 5.91 Å². The Morgan fingerprint density at radius 2 is 1.44 bits per heavy atom. The number of carbonyl (C=O) groups excluding carboxylic acids is 1. The lowest BCUT2D eigenvalue weighted by atomic mass is 10.1. The number of unbranched alkanes of at least 4 members (excludes halogenated alkanes) is 13. The van der Waals surface area contributed by atoms with Crippen LogP contribution in [0.5, 0.6) is 0 Å². The van der Waals surface area contributed by atoms with Gasteiger partial charge in [-0.3, -0.25) is 9.28 Å². The molecule has 0 saturated heterocycles. The smallest absolute Gasteiger partial charge is 0.217 e. The van der Waals surface area contributed by atoms with E-state index in [1.165, 1.54) is 103 Å². The molecular weight excluding hydrogens is 394 g/mol. The second kappa shape index (κ2) is 19.2. The lowest BCUT2D eigenvalue weighted by Gasteiger charge is -2.37. The number of carbonyl (C=O) groups is 1. The number of nitrogens with one attached hydrogen (secondary N) is 2. The number of nitrogens with zero attached hydrogens (tertiary/aromatic N) is 1. The van der Waals surface area contributed by atoms with E-state index in [0.29, 0.717) is 6.17 Å². The highest BCUT2D eigenvalue weighted by Crippen LogP contribution is 2.23. The third-order valence-corrected chi connectivity index (χ3v) is 7.01. The Hall–Kier alpha value is -1.29. The molecule has 0 aromatic heterocycles. The van der Waals surface area contributed by atoms with Crippen molar-refractivity contribution in [1.29, 1.82) is 0 Å². The summed E-state index contributed by atoms with van der Waals surface area (Å²) in [5, 5.41) is 6.52. The highest BCUT2D eigenvalue weighted by molar-refractivity contribution is 5.72. The molecule has 1 aliphatic rings. The number of amides is 1. The van der Waals surface area contributed by atoms with Crippen molar-refractivity contribution in [3.8, 4) is 0 Å². The fourth-order valence-electron chi connectivity index (χ4n) is 4.81. The first-order valence-electron chi connectivity index (χ1n) is 13.8. The van der Waals surface area contributed by atoms with Crippen LogP contribution in [0.25, 0.3) is 0 Å². The summed E-state index contributed by atoms with van der Waals surface area (Å²) in [6, 6.07) is 0.